The molecule has 4 bridgehead atoms. The Labute approximate surface area is 261 Å². The van der Waals surface area contributed by atoms with Crippen molar-refractivity contribution in [3.05, 3.63) is 81.8 Å². The van der Waals surface area contributed by atoms with Crippen molar-refractivity contribution in [2.45, 2.75) is 55.8 Å². The van der Waals surface area contributed by atoms with Crippen LogP contribution in [-0.2, 0) is 15.4 Å². The number of rotatable bonds is 9. The number of aliphatic imine (C=N–C) groups is 1. The summed E-state index contributed by atoms with van der Waals surface area (Å²) in [5.74, 6) is 2.78. The lowest BCUT2D eigenvalue weighted by atomic mass is 9.48. The molecule has 0 atom stereocenters. The minimum absolute atomic E-state index is 0.00222. The molecule has 2 heterocycles. The molecule has 11 nitrogen and oxygen atoms in total. The van der Waals surface area contributed by atoms with Crippen LogP contribution in [0.4, 0.5) is 11.5 Å². The fourth-order valence-electron chi connectivity index (χ4n) is 8.02. The second-order valence-electron chi connectivity index (χ2n) is 12.7. The van der Waals surface area contributed by atoms with Crippen LogP contribution >= 0.6 is 0 Å². The molecule has 4 aliphatic rings. The summed E-state index contributed by atoms with van der Waals surface area (Å²) in [6.07, 6.45) is 9.65. The van der Waals surface area contributed by atoms with Crippen LogP contribution in [0.3, 0.4) is 0 Å². The Morgan fingerprint density at radius 3 is 2.20 bits per heavy atom. The van der Waals surface area contributed by atoms with E-state index in [9.17, 15) is 13.2 Å². The van der Waals surface area contributed by atoms with Gasteiger partial charge in [-0.3, -0.25) is 19.6 Å². The number of sulfonamides is 1. The molecule has 45 heavy (non-hydrogen) atoms. The summed E-state index contributed by atoms with van der Waals surface area (Å²) in [6.45, 7) is 1.83. The van der Waals surface area contributed by atoms with Gasteiger partial charge in [0.05, 0.1) is 36.1 Å². The number of benzene rings is 2. The molecular weight excluding hydrogens is 592 g/mol. The van der Waals surface area contributed by atoms with Crippen LogP contribution in [0, 0.1) is 24.7 Å². The molecule has 0 aliphatic heterocycles. The Hall–Kier alpha value is -4.45. The molecule has 4 saturated carbocycles. The highest BCUT2D eigenvalue weighted by Crippen LogP contribution is 2.60. The fourth-order valence-corrected chi connectivity index (χ4v) is 9.01. The summed E-state index contributed by atoms with van der Waals surface area (Å²) in [6, 6.07) is 15.8. The highest BCUT2D eigenvalue weighted by Gasteiger charge is 2.51. The third-order valence-corrected chi connectivity index (χ3v) is 11.1. The predicted octanol–water partition coefficient (Wildman–Crippen LogP) is 5.30. The molecule has 2 N–H and O–H groups in total. The maximum absolute atomic E-state index is 13.4. The number of methoxy groups -OCH3 is 2. The van der Waals surface area contributed by atoms with Crippen LogP contribution in [0.15, 0.2) is 69.3 Å². The number of aromatic nitrogens is 4. The summed E-state index contributed by atoms with van der Waals surface area (Å²) in [5, 5.41) is 3.19. The SMILES string of the molecule is COc1cc(NS(=O)(=O)c2ccc(N=Cc3c(C)[nH]n(-c4ccc(C56CC7CC(CC(C7)C5)C6)cc4)c3=O)cc2)nc(OC)n1. The minimum Gasteiger partial charge on any atom is -0.481 e. The second kappa shape index (κ2) is 11.2. The van der Waals surface area contributed by atoms with Crippen LogP contribution in [0.2, 0.25) is 0 Å². The van der Waals surface area contributed by atoms with E-state index in [4.69, 9.17) is 9.47 Å². The molecule has 0 radical (unpaired) electrons. The van der Waals surface area contributed by atoms with Crippen molar-refractivity contribution in [2.24, 2.45) is 22.7 Å². The lowest BCUT2D eigenvalue weighted by Crippen LogP contribution is -2.48. The van der Waals surface area contributed by atoms with E-state index < -0.39 is 10.0 Å². The number of nitrogens with one attached hydrogen (secondary N) is 2. The Morgan fingerprint density at radius 1 is 0.956 bits per heavy atom. The lowest BCUT2D eigenvalue weighted by molar-refractivity contribution is -0.00518. The van der Waals surface area contributed by atoms with Gasteiger partial charge in [-0.05, 0) is 111 Å². The van der Waals surface area contributed by atoms with Crippen molar-refractivity contribution in [1.82, 2.24) is 19.7 Å². The second-order valence-corrected chi connectivity index (χ2v) is 14.4. The topological polar surface area (TPSA) is 141 Å². The van der Waals surface area contributed by atoms with Gasteiger partial charge in [0.15, 0.2) is 5.82 Å². The van der Waals surface area contributed by atoms with Gasteiger partial charge in [0.1, 0.15) is 0 Å². The highest BCUT2D eigenvalue weighted by atomic mass is 32.2. The van der Waals surface area contributed by atoms with Gasteiger partial charge in [-0.1, -0.05) is 12.1 Å². The smallest absolute Gasteiger partial charge is 0.321 e. The zero-order valence-corrected chi connectivity index (χ0v) is 26.3. The lowest BCUT2D eigenvalue weighted by Gasteiger charge is -2.57. The standard InChI is InChI=1S/C33H36N6O5S/c1-20-28(19-34-25-6-10-27(11-7-25)45(41,42)38-29-15-30(43-2)36-32(35-29)44-3)31(40)39(37-20)26-8-4-24(5-9-26)33-16-21-12-22(17-33)14-23(13-21)18-33/h4-11,15,19,21-23,37H,12-14,16-18H2,1-3H3,(H,35,36,38). The number of anilines is 1. The average Bonchev–Trinajstić information content (AvgIpc) is 3.31. The summed E-state index contributed by atoms with van der Waals surface area (Å²) < 4.78 is 40.0. The van der Waals surface area contributed by atoms with E-state index in [2.05, 4.69) is 36.9 Å². The third kappa shape index (κ3) is 5.52. The van der Waals surface area contributed by atoms with Crippen molar-refractivity contribution in [1.29, 1.82) is 0 Å². The molecule has 4 aromatic rings. The normalized spacial score (nSPS) is 23.8. The monoisotopic (exact) mass is 628 g/mol. The van der Waals surface area contributed by atoms with E-state index in [0.717, 1.165) is 23.4 Å². The first kappa shape index (κ1) is 29.3. The number of ether oxygens (including phenoxy) is 2. The van der Waals surface area contributed by atoms with Crippen molar-refractivity contribution in [2.75, 3.05) is 18.9 Å². The van der Waals surface area contributed by atoms with Crippen LogP contribution in [0.25, 0.3) is 5.69 Å². The number of hydrogen-bond donors (Lipinski definition) is 2. The molecular formula is C33H36N6O5S. The van der Waals surface area contributed by atoms with E-state index in [1.54, 1.807) is 16.8 Å². The highest BCUT2D eigenvalue weighted by molar-refractivity contribution is 7.92. The molecule has 234 valence electrons. The minimum atomic E-state index is -3.97. The number of aryl methyl sites for hydroxylation is 1. The first-order valence-electron chi connectivity index (χ1n) is 15.2. The quantitative estimate of drug-likeness (QED) is 0.240. The predicted molar refractivity (Wildman–Crippen MR) is 171 cm³/mol. The van der Waals surface area contributed by atoms with Crippen LogP contribution in [0.1, 0.15) is 55.3 Å². The van der Waals surface area contributed by atoms with Crippen molar-refractivity contribution < 1.29 is 17.9 Å². The van der Waals surface area contributed by atoms with Gasteiger partial charge in [0, 0.05) is 18.0 Å². The zero-order valence-electron chi connectivity index (χ0n) is 25.5. The van der Waals surface area contributed by atoms with Gasteiger partial charge in [-0.25, -0.2) is 13.1 Å². The Morgan fingerprint density at radius 2 is 1.60 bits per heavy atom. The van der Waals surface area contributed by atoms with E-state index in [-0.39, 0.29) is 28.2 Å². The molecule has 0 saturated heterocycles. The summed E-state index contributed by atoms with van der Waals surface area (Å²) in [4.78, 5) is 25.8. The van der Waals surface area contributed by atoms with Gasteiger partial charge in [-0.15, -0.1) is 0 Å². The molecule has 0 spiro atoms. The van der Waals surface area contributed by atoms with E-state index in [0.29, 0.717) is 22.4 Å². The Balaban J connectivity index is 1.06. The number of nitrogens with zero attached hydrogens (tertiary/aromatic N) is 4. The largest absolute Gasteiger partial charge is 0.481 e. The summed E-state index contributed by atoms with van der Waals surface area (Å²) in [7, 11) is -1.19. The van der Waals surface area contributed by atoms with Crippen molar-refractivity contribution in [3.63, 3.8) is 0 Å². The molecule has 2 aromatic carbocycles. The first-order valence-corrected chi connectivity index (χ1v) is 16.7. The van der Waals surface area contributed by atoms with Crippen LogP contribution < -0.4 is 19.8 Å². The molecule has 0 amide bonds. The van der Waals surface area contributed by atoms with Crippen LogP contribution in [-0.4, -0.2) is 48.6 Å². The summed E-state index contributed by atoms with van der Waals surface area (Å²) >= 11 is 0. The maximum atomic E-state index is 13.4. The Bertz CT molecular complexity index is 1870. The summed E-state index contributed by atoms with van der Waals surface area (Å²) in [5.41, 5.74) is 3.93. The maximum Gasteiger partial charge on any atom is 0.321 e. The van der Waals surface area contributed by atoms with Gasteiger partial charge in [-0.2, -0.15) is 9.97 Å². The number of aromatic amines is 1. The van der Waals surface area contributed by atoms with Crippen LogP contribution in [0.5, 0.6) is 11.9 Å². The molecule has 2 aromatic heterocycles. The average molecular weight is 629 g/mol. The van der Waals surface area contributed by atoms with Crippen molar-refractivity contribution >= 4 is 27.7 Å². The van der Waals surface area contributed by atoms with E-state index >= 15 is 0 Å². The van der Waals surface area contributed by atoms with Gasteiger partial charge in [0.25, 0.3) is 15.6 Å². The van der Waals surface area contributed by atoms with E-state index in [1.165, 1.54) is 82.7 Å². The first-order chi connectivity index (χ1) is 21.6. The number of hydrogen-bond acceptors (Lipinski definition) is 8. The molecule has 4 aliphatic carbocycles. The fraction of sp³-hybridized carbons (Fsp3) is 0.394. The van der Waals surface area contributed by atoms with Gasteiger partial charge >= 0.3 is 6.01 Å². The zero-order chi connectivity index (χ0) is 31.3. The molecule has 8 rings (SSSR count). The van der Waals surface area contributed by atoms with Gasteiger partial charge < -0.3 is 9.47 Å². The molecule has 4 fully saturated rings. The third-order valence-electron chi connectivity index (χ3n) is 9.70. The Kier molecular flexibility index (Phi) is 7.26. The number of H-pyrrole nitrogens is 1. The van der Waals surface area contributed by atoms with Crippen molar-refractivity contribution in [3.8, 4) is 17.6 Å². The van der Waals surface area contributed by atoms with E-state index in [1.807, 2.05) is 19.1 Å². The molecule has 0 unspecified atom stereocenters. The van der Waals surface area contributed by atoms with Gasteiger partial charge in [0.2, 0.25) is 5.88 Å². The molecule has 12 heteroatoms.